The normalized spacial score (nSPS) is 13.2. The largest absolute Gasteiger partial charge is 0.490 e. The van der Waals surface area contributed by atoms with E-state index < -0.39 is 0 Å². The summed E-state index contributed by atoms with van der Waals surface area (Å²) in [7, 11) is 1.76. The zero-order valence-electron chi connectivity index (χ0n) is 17.0. The SMILES string of the molecule is CN=C(NCc1sc(-c2ccccc2)nc1C)Nc1ccc2c(c1)OCCCO2.I. The van der Waals surface area contributed by atoms with Gasteiger partial charge in [0.2, 0.25) is 0 Å². The maximum atomic E-state index is 5.76. The number of halogens is 1. The van der Waals surface area contributed by atoms with Gasteiger partial charge in [0.25, 0.3) is 0 Å². The van der Waals surface area contributed by atoms with Crippen LogP contribution in [0.25, 0.3) is 10.6 Å². The molecule has 3 aromatic rings. The molecule has 1 aliphatic heterocycles. The number of aryl methyl sites for hydroxylation is 1. The molecule has 0 amide bonds. The minimum atomic E-state index is 0. The van der Waals surface area contributed by atoms with Gasteiger partial charge in [0, 0.05) is 35.7 Å². The van der Waals surface area contributed by atoms with E-state index in [4.69, 9.17) is 14.5 Å². The summed E-state index contributed by atoms with van der Waals surface area (Å²) in [6, 6.07) is 16.1. The number of rotatable bonds is 4. The molecule has 0 fully saturated rings. The fourth-order valence-corrected chi connectivity index (χ4v) is 4.02. The molecule has 0 saturated carbocycles. The van der Waals surface area contributed by atoms with Crippen LogP contribution in [0, 0.1) is 6.92 Å². The summed E-state index contributed by atoms with van der Waals surface area (Å²) < 4.78 is 11.5. The van der Waals surface area contributed by atoms with Gasteiger partial charge in [-0.3, -0.25) is 4.99 Å². The van der Waals surface area contributed by atoms with Crippen molar-refractivity contribution in [3.05, 3.63) is 59.1 Å². The number of fused-ring (bicyclic) bond motifs is 1. The highest BCUT2D eigenvalue weighted by molar-refractivity contribution is 14.0. The molecule has 0 aliphatic carbocycles. The topological polar surface area (TPSA) is 67.8 Å². The highest BCUT2D eigenvalue weighted by atomic mass is 127. The van der Waals surface area contributed by atoms with E-state index in [-0.39, 0.29) is 24.0 Å². The Bertz CT molecular complexity index is 1010. The molecule has 4 rings (SSSR count). The van der Waals surface area contributed by atoms with E-state index in [1.54, 1.807) is 18.4 Å². The van der Waals surface area contributed by atoms with Crippen molar-refractivity contribution in [2.24, 2.45) is 4.99 Å². The summed E-state index contributed by atoms with van der Waals surface area (Å²) in [6.07, 6.45) is 0.889. The van der Waals surface area contributed by atoms with Gasteiger partial charge in [-0.1, -0.05) is 30.3 Å². The standard InChI is InChI=1S/C22H24N4O2S.HI/c1-15-20(29-21(25-15)16-7-4-3-5-8-16)14-24-22(23-2)26-17-9-10-18-19(13-17)28-12-6-11-27-18;/h3-5,7-10,13H,6,11-12,14H2,1-2H3,(H2,23,24,26);1H. The van der Waals surface area contributed by atoms with Crippen LogP contribution in [0.2, 0.25) is 0 Å². The first kappa shape index (κ1) is 22.4. The summed E-state index contributed by atoms with van der Waals surface area (Å²) in [6.45, 7) is 4.04. The predicted octanol–water partition coefficient (Wildman–Crippen LogP) is 5.09. The number of anilines is 1. The number of aliphatic imine (C=N–C) groups is 1. The lowest BCUT2D eigenvalue weighted by Crippen LogP contribution is -2.30. The van der Waals surface area contributed by atoms with Gasteiger partial charge < -0.3 is 20.1 Å². The van der Waals surface area contributed by atoms with Crippen LogP contribution < -0.4 is 20.1 Å². The number of hydrogen-bond donors (Lipinski definition) is 2. The first-order valence-electron chi connectivity index (χ1n) is 9.62. The quantitative estimate of drug-likeness (QED) is 0.277. The van der Waals surface area contributed by atoms with Crippen LogP contribution in [0.4, 0.5) is 5.69 Å². The minimum absolute atomic E-state index is 0. The van der Waals surface area contributed by atoms with E-state index in [9.17, 15) is 0 Å². The summed E-state index contributed by atoms with van der Waals surface area (Å²) in [5.41, 5.74) is 3.07. The Morgan fingerprint density at radius 3 is 2.63 bits per heavy atom. The minimum Gasteiger partial charge on any atom is -0.490 e. The second kappa shape index (κ2) is 10.6. The van der Waals surface area contributed by atoms with Crippen molar-refractivity contribution in [3.8, 4) is 22.1 Å². The average molecular weight is 536 g/mol. The van der Waals surface area contributed by atoms with Crippen LogP contribution in [0.5, 0.6) is 11.5 Å². The van der Waals surface area contributed by atoms with Crippen molar-refractivity contribution in [1.82, 2.24) is 10.3 Å². The molecule has 30 heavy (non-hydrogen) atoms. The summed E-state index contributed by atoms with van der Waals surface area (Å²) in [5, 5.41) is 7.72. The third-order valence-corrected chi connectivity index (χ3v) is 5.77. The molecule has 0 bridgehead atoms. The maximum Gasteiger partial charge on any atom is 0.195 e. The predicted molar refractivity (Wildman–Crippen MR) is 134 cm³/mol. The molecule has 0 radical (unpaired) electrons. The number of thiazole rings is 1. The third kappa shape index (κ3) is 5.42. The van der Waals surface area contributed by atoms with Crippen molar-refractivity contribution < 1.29 is 9.47 Å². The molecule has 158 valence electrons. The van der Waals surface area contributed by atoms with E-state index >= 15 is 0 Å². The fraction of sp³-hybridized carbons (Fsp3) is 0.273. The molecule has 2 aromatic carbocycles. The van der Waals surface area contributed by atoms with Gasteiger partial charge in [0.1, 0.15) is 5.01 Å². The lowest BCUT2D eigenvalue weighted by atomic mass is 10.2. The van der Waals surface area contributed by atoms with E-state index in [1.807, 2.05) is 43.3 Å². The van der Waals surface area contributed by atoms with Crippen LogP contribution in [-0.2, 0) is 6.54 Å². The van der Waals surface area contributed by atoms with Crippen LogP contribution in [0.15, 0.2) is 53.5 Å². The Morgan fingerprint density at radius 2 is 1.87 bits per heavy atom. The Kier molecular flexibility index (Phi) is 7.92. The van der Waals surface area contributed by atoms with Gasteiger partial charge in [-0.05, 0) is 19.1 Å². The first-order chi connectivity index (χ1) is 14.2. The van der Waals surface area contributed by atoms with Gasteiger partial charge in [0.15, 0.2) is 17.5 Å². The molecule has 1 aromatic heterocycles. The molecule has 0 atom stereocenters. The highest BCUT2D eigenvalue weighted by Gasteiger charge is 2.13. The number of nitrogens with one attached hydrogen (secondary N) is 2. The Morgan fingerprint density at radius 1 is 1.10 bits per heavy atom. The number of guanidine groups is 1. The average Bonchev–Trinajstić information content (AvgIpc) is 2.97. The number of aromatic nitrogens is 1. The van der Waals surface area contributed by atoms with Crippen molar-refractivity contribution in [3.63, 3.8) is 0 Å². The van der Waals surface area contributed by atoms with Crippen molar-refractivity contribution in [2.45, 2.75) is 19.9 Å². The molecule has 2 heterocycles. The lowest BCUT2D eigenvalue weighted by Gasteiger charge is -2.13. The Hall–Kier alpha value is -2.33. The van der Waals surface area contributed by atoms with Gasteiger partial charge in [0.05, 0.1) is 25.5 Å². The summed E-state index contributed by atoms with van der Waals surface area (Å²) >= 11 is 1.70. The molecule has 8 heteroatoms. The summed E-state index contributed by atoms with van der Waals surface area (Å²) in [4.78, 5) is 10.2. The molecule has 0 spiro atoms. The summed E-state index contributed by atoms with van der Waals surface area (Å²) in [5.74, 6) is 2.23. The van der Waals surface area contributed by atoms with Crippen molar-refractivity contribution >= 4 is 47.0 Å². The van der Waals surface area contributed by atoms with Crippen molar-refractivity contribution in [2.75, 3.05) is 25.6 Å². The molecule has 0 saturated heterocycles. The molecule has 0 unspecified atom stereocenters. The zero-order chi connectivity index (χ0) is 20.1. The molecular formula is C22H25IN4O2S. The Labute approximate surface area is 197 Å². The van der Waals surface area contributed by atoms with Crippen LogP contribution in [-0.4, -0.2) is 31.2 Å². The fourth-order valence-electron chi connectivity index (χ4n) is 3.02. The highest BCUT2D eigenvalue weighted by Crippen LogP contribution is 2.32. The number of nitrogens with zero attached hydrogens (tertiary/aromatic N) is 2. The molecule has 2 N–H and O–H groups in total. The molecule has 6 nitrogen and oxygen atoms in total. The Balaban J connectivity index is 0.00000256. The number of benzene rings is 2. The van der Waals surface area contributed by atoms with Crippen LogP contribution in [0.1, 0.15) is 17.0 Å². The second-order valence-corrected chi connectivity index (χ2v) is 7.74. The van der Waals surface area contributed by atoms with E-state index in [0.29, 0.717) is 25.7 Å². The smallest absolute Gasteiger partial charge is 0.195 e. The van der Waals surface area contributed by atoms with Crippen LogP contribution in [0.3, 0.4) is 0 Å². The van der Waals surface area contributed by atoms with E-state index in [0.717, 1.165) is 39.9 Å². The zero-order valence-corrected chi connectivity index (χ0v) is 20.1. The first-order valence-corrected chi connectivity index (χ1v) is 10.4. The van der Waals surface area contributed by atoms with Gasteiger partial charge in [-0.15, -0.1) is 35.3 Å². The van der Waals surface area contributed by atoms with E-state index in [2.05, 4.69) is 27.8 Å². The van der Waals surface area contributed by atoms with Gasteiger partial charge in [-0.25, -0.2) is 4.98 Å². The number of ether oxygens (including phenoxy) is 2. The lowest BCUT2D eigenvalue weighted by molar-refractivity contribution is 0.297. The van der Waals surface area contributed by atoms with E-state index in [1.165, 1.54) is 4.88 Å². The monoisotopic (exact) mass is 536 g/mol. The van der Waals surface area contributed by atoms with Crippen molar-refractivity contribution in [1.29, 1.82) is 0 Å². The van der Waals surface area contributed by atoms with Crippen LogP contribution >= 0.6 is 35.3 Å². The number of hydrogen-bond acceptors (Lipinski definition) is 5. The second-order valence-electron chi connectivity index (χ2n) is 6.66. The third-order valence-electron chi connectivity index (χ3n) is 4.56. The van der Waals surface area contributed by atoms with Gasteiger partial charge in [-0.2, -0.15) is 0 Å². The maximum absolute atomic E-state index is 5.76. The van der Waals surface area contributed by atoms with Gasteiger partial charge >= 0.3 is 0 Å². The molecular weight excluding hydrogens is 511 g/mol. The molecule has 1 aliphatic rings.